The van der Waals surface area contributed by atoms with Crippen LogP contribution in [-0.4, -0.2) is 38.2 Å². The Labute approximate surface area is 157 Å². The fourth-order valence-electron chi connectivity index (χ4n) is 3.57. The summed E-state index contributed by atoms with van der Waals surface area (Å²) < 4.78 is 5.54. The van der Waals surface area contributed by atoms with Gasteiger partial charge in [-0.3, -0.25) is 4.90 Å². The first-order valence-electron chi connectivity index (χ1n) is 8.35. The van der Waals surface area contributed by atoms with Crippen LogP contribution in [-0.2, 0) is 0 Å². The van der Waals surface area contributed by atoms with E-state index in [4.69, 9.17) is 4.74 Å². The van der Waals surface area contributed by atoms with Crippen molar-refractivity contribution in [3.63, 3.8) is 0 Å². The molecular formula is C19H28Cl2N2O. The molecule has 0 saturated carbocycles. The van der Waals surface area contributed by atoms with Crippen molar-refractivity contribution in [2.75, 3.05) is 33.3 Å². The maximum absolute atomic E-state index is 5.54. The van der Waals surface area contributed by atoms with E-state index in [0.717, 1.165) is 31.9 Å². The molecule has 0 unspecified atom stereocenters. The Morgan fingerprint density at radius 2 is 1.71 bits per heavy atom. The van der Waals surface area contributed by atoms with Gasteiger partial charge in [-0.1, -0.05) is 43.7 Å². The van der Waals surface area contributed by atoms with E-state index in [2.05, 4.69) is 53.5 Å². The molecule has 2 aromatic carbocycles. The van der Waals surface area contributed by atoms with Gasteiger partial charge >= 0.3 is 0 Å². The molecule has 0 radical (unpaired) electrons. The van der Waals surface area contributed by atoms with Crippen LogP contribution in [0, 0.1) is 0 Å². The highest BCUT2D eigenvalue weighted by molar-refractivity contribution is 5.91. The van der Waals surface area contributed by atoms with Crippen molar-refractivity contribution in [2.45, 2.75) is 25.8 Å². The summed E-state index contributed by atoms with van der Waals surface area (Å²) in [5.74, 6) is 0.968. The van der Waals surface area contributed by atoms with Gasteiger partial charge in [0.15, 0.2) is 0 Å². The van der Waals surface area contributed by atoms with E-state index < -0.39 is 0 Å². The summed E-state index contributed by atoms with van der Waals surface area (Å²) in [6, 6.07) is 13.5. The van der Waals surface area contributed by atoms with Crippen molar-refractivity contribution >= 4 is 35.6 Å². The molecule has 0 amide bonds. The average Bonchev–Trinajstić information content (AvgIpc) is 2.60. The highest BCUT2D eigenvalue weighted by atomic mass is 35.5. The van der Waals surface area contributed by atoms with Crippen molar-refractivity contribution in [1.82, 2.24) is 10.2 Å². The number of benzene rings is 2. The van der Waals surface area contributed by atoms with Gasteiger partial charge in [0.1, 0.15) is 5.75 Å². The molecule has 134 valence electrons. The maximum atomic E-state index is 5.54. The fraction of sp³-hybridized carbons (Fsp3) is 0.474. The third kappa shape index (κ3) is 4.34. The monoisotopic (exact) mass is 370 g/mol. The Morgan fingerprint density at radius 3 is 2.33 bits per heavy atom. The zero-order valence-corrected chi connectivity index (χ0v) is 16.1. The van der Waals surface area contributed by atoms with E-state index in [-0.39, 0.29) is 24.8 Å². The smallest absolute Gasteiger partial charge is 0.126 e. The molecule has 1 aliphatic rings. The summed E-state index contributed by atoms with van der Waals surface area (Å²) >= 11 is 0. The minimum Gasteiger partial charge on any atom is -0.496 e. The van der Waals surface area contributed by atoms with E-state index in [1.165, 1.54) is 29.2 Å². The number of halogens is 2. The molecular weight excluding hydrogens is 343 g/mol. The van der Waals surface area contributed by atoms with Crippen LogP contribution < -0.4 is 10.1 Å². The van der Waals surface area contributed by atoms with Crippen LogP contribution in [0.3, 0.4) is 0 Å². The van der Waals surface area contributed by atoms with E-state index in [9.17, 15) is 0 Å². The first-order chi connectivity index (χ1) is 10.8. The van der Waals surface area contributed by atoms with Gasteiger partial charge in [0.25, 0.3) is 0 Å². The summed E-state index contributed by atoms with van der Waals surface area (Å²) in [5.41, 5.74) is 1.44. The van der Waals surface area contributed by atoms with Crippen LogP contribution in [0.5, 0.6) is 5.75 Å². The SMILES string of the molecule is CCC[C@H](c1ccc(OC)c2ccccc12)N1CCNCC1.Cl.Cl. The topological polar surface area (TPSA) is 24.5 Å². The van der Waals surface area contributed by atoms with Gasteiger partial charge in [-0.15, -0.1) is 24.8 Å². The Hall–Kier alpha value is -1.000. The largest absolute Gasteiger partial charge is 0.496 e. The third-order valence-corrected chi connectivity index (χ3v) is 4.65. The quantitative estimate of drug-likeness (QED) is 0.841. The number of rotatable bonds is 5. The van der Waals surface area contributed by atoms with E-state index in [1.807, 2.05) is 0 Å². The molecule has 3 nitrogen and oxygen atoms in total. The molecule has 1 fully saturated rings. The summed E-state index contributed by atoms with van der Waals surface area (Å²) in [5, 5.41) is 6.01. The van der Waals surface area contributed by atoms with Gasteiger partial charge in [0.05, 0.1) is 7.11 Å². The predicted octanol–water partition coefficient (Wildman–Crippen LogP) is 4.44. The molecule has 0 aliphatic carbocycles. The Morgan fingerprint density at radius 1 is 1.04 bits per heavy atom. The normalized spacial score (nSPS) is 16.1. The highest BCUT2D eigenvalue weighted by Gasteiger charge is 2.23. The predicted molar refractivity (Wildman–Crippen MR) is 107 cm³/mol. The summed E-state index contributed by atoms with van der Waals surface area (Å²) in [7, 11) is 1.75. The lowest BCUT2D eigenvalue weighted by atomic mass is 9.94. The summed E-state index contributed by atoms with van der Waals surface area (Å²) in [4.78, 5) is 2.63. The van der Waals surface area contributed by atoms with Crippen molar-refractivity contribution in [3.8, 4) is 5.75 Å². The van der Waals surface area contributed by atoms with Crippen LogP contribution in [0.1, 0.15) is 31.4 Å². The number of piperazine rings is 1. The molecule has 3 rings (SSSR count). The molecule has 2 aromatic rings. The molecule has 0 aromatic heterocycles. The van der Waals surface area contributed by atoms with Gasteiger partial charge < -0.3 is 10.1 Å². The summed E-state index contributed by atoms with van der Waals surface area (Å²) in [6.45, 7) is 6.72. The van der Waals surface area contributed by atoms with Gasteiger partial charge in [-0.05, 0) is 23.4 Å². The average molecular weight is 371 g/mol. The number of methoxy groups -OCH3 is 1. The molecule has 5 heteroatoms. The van der Waals surface area contributed by atoms with Crippen molar-refractivity contribution in [1.29, 1.82) is 0 Å². The Balaban J connectivity index is 0.00000144. The molecule has 1 atom stereocenters. The lowest BCUT2D eigenvalue weighted by Gasteiger charge is -2.36. The first-order valence-corrected chi connectivity index (χ1v) is 8.35. The molecule has 1 heterocycles. The second-order valence-corrected chi connectivity index (χ2v) is 5.99. The van der Waals surface area contributed by atoms with Crippen LogP contribution in [0.4, 0.5) is 0 Å². The van der Waals surface area contributed by atoms with E-state index in [1.54, 1.807) is 7.11 Å². The molecule has 0 spiro atoms. The zero-order chi connectivity index (χ0) is 15.4. The zero-order valence-electron chi connectivity index (χ0n) is 14.5. The number of nitrogens with zero attached hydrogens (tertiary/aromatic N) is 1. The summed E-state index contributed by atoms with van der Waals surface area (Å²) in [6.07, 6.45) is 2.41. The van der Waals surface area contributed by atoms with Crippen LogP contribution in [0.2, 0.25) is 0 Å². The second kappa shape index (κ2) is 10.1. The standard InChI is InChI=1S/C19H26N2O.2ClH/c1-3-6-18(21-13-11-20-12-14-21)16-9-10-19(22-2)17-8-5-4-7-15(16)17;;/h4-5,7-10,18,20H,3,6,11-14H2,1-2H3;2*1H/t18-;;/m1../s1. The van der Waals surface area contributed by atoms with Crippen molar-refractivity contribution in [3.05, 3.63) is 42.0 Å². The minimum atomic E-state index is 0. The minimum absolute atomic E-state index is 0. The Bertz CT molecular complexity index is 630. The molecule has 0 bridgehead atoms. The van der Waals surface area contributed by atoms with Crippen LogP contribution in [0.15, 0.2) is 36.4 Å². The van der Waals surface area contributed by atoms with Gasteiger partial charge in [-0.2, -0.15) is 0 Å². The van der Waals surface area contributed by atoms with Gasteiger partial charge in [0.2, 0.25) is 0 Å². The molecule has 24 heavy (non-hydrogen) atoms. The number of hydrogen-bond donors (Lipinski definition) is 1. The van der Waals surface area contributed by atoms with E-state index in [0.29, 0.717) is 6.04 Å². The van der Waals surface area contributed by atoms with Crippen molar-refractivity contribution in [2.24, 2.45) is 0 Å². The number of ether oxygens (including phenoxy) is 1. The number of fused-ring (bicyclic) bond motifs is 1. The third-order valence-electron chi connectivity index (χ3n) is 4.65. The van der Waals surface area contributed by atoms with E-state index >= 15 is 0 Å². The van der Waals surface area contributed by atoms with Crippen LogP contribution in [0.25, 0.3) is 10.8 Å². The molecule has 1 saturated heterocycles. The lowest BCUT2D eigenvalue weighted by molar-refractivity contribution is 0.165. The van der Waals surface area contributed by atoms with Crippen molar-refractivity contribution < 1.29 is 4.74 Å². The molecule has 1 aliphatic heterocycles. The number of hydrogen-bond acceptors (Lipinski definition) is 3. The Kier molecular flexibility index (Phi) is 8.85. The second-order valence-electron chi connectivity index (χ2n) is 5.99. The first kappa shape index (κ1) is 21.0. The fourth-order valence-corrected chi connectivity index (χ4v) is 3.57. The lowest BCUT2D eigenvalue weighted by Crippen LogP contribution is -2.45. The molecule has 1 N–H and O–H groups in total. The van der Waals surface area contributed by atoms with Gasteiger partial charge in [0, 0.05) is 37.6 Å². The van der Waals surface area contributed by atoms with Crippen LogP contribution >= 0.6 is 24.8 Å². The number of nitrogens with one attached hydrogen (secondary N) is 1. The van der Waals surface area contributed by atoms with Gasteiger partial charge in [-0.25, -0.2) is 0 Å². The maximum Gasteiger partial charge on any atom is 0.126 e. The highest BCUT2D eigenvalue weighted by Crippen LogP contribution is 2.35.